The molecule has 4 heteroatoms. The van der Waals surface area contributed by atoms with E-state index in [1.165, 1.54) is 0 Å². The van der Waals surface area contributed by atoms with Gasteiger partial charge in [-0.05, 0) is 31.5 Å². The third-order valence-corrected chi connectivity index (χ3v) is 5.17. The minimum Gasteiger partial charge on any atom is -0.466 e. The average Bonchev–Trinajstić information content (AvgIpc) is 2.26. The molecule has 1 aromatic carbocycles. The van der Waals surface area contributed by atoms with Gasteiger partial charge in [0.15, 0.2) is 5.78 Å². The SMILES string of the molecule is CCOC(=O)Cc1cc(C)cc([Si](C)(C)C)c1C(C)=O. The minimum absolute atomic E-state index is 0.0294. The van der Waals surface area contributed by atoms with E-state index in [9.17, 15) is 9.59 Å². The fraction of sp³-hybridized carbons (Fsp3) is 0.500. The average molecular weight is 292 g/mol. The van der Waals surface area contributed by atoms with Crippen molar-refractivity contribution in [3.8, 4) is 0 Å². The lowest BCUT2D eigenvalue weighted by atomic mass is 9.99. The van der Waals surface area contributed by atoms with Crippen molar-refractivity contribution >= 4 is 25.0 Å². The summed E-state index contributed by atoms with van der Waals surface area (Å²) < 4.78 is 5.01. The molecule has 0 bridgehead atoms. The maximum atomic E-state index is 12.1. The highest BCUT2D eigenvalue weighted by Gasteiger charge is 2.25. The summed E-state index contributed by atoms with van der Waals surface area (Å²) in [4.78, 5) is 23.8. The summed E-state index contributed by atoms with van der Waals surface area (Å²) in [5, 5.41) is 1.13. The number of carbonyl (C=O) groups is 2. The molecule has 0 atom stereocenters. The van der Waals surface area contributed by atoms with Crippen molar-refractivity contribution in [2.45, 2.75) is 46.8 Å². The van der Waals surface area contributed by atoms with Crippen molar-refractivity contribution < 1.29 is 14.3 Å². The fourth-order valence-electron chi connectivity index (χ4n) is 2.38. The van der Waals surface area contributed by atoms with Crippen LogP contribution in [0.5, 0.6) is 0 Å². The van der Waals surface area contributed by atoms with E-state index in [1.807, 2.05) is 13.0 Å². The van der Waals surface area contributed by atoms with Crippen molar-refractivity contribution in [3.63, 3.8) is 0 Å². The zero-order valence-electron chi connectivity index (χ0n) is 13.3. The Morgan fingerprint density at radius 3 is 2.25 bits per heavy atom. The van der Waals surface area contributed by atoms with Gasteiger partial charge in [-0.2, -0.15) is 0 Å². The topological polar surface area (TPSA) is 43.4 Å². The number of ether oxygens (including phenoxy) is 1. The number of benzene rings is 1. The van der Waals surface area contributed by atoms with E-state index in [0.717, 1.165) is 21.9 Å². The Hall–Kier alpha value is -1.42. The van der Waals surface area contributed by atoms with Gasteiger partial charge in [0, 0.05) is 5.56 Å². The van der Waals surface area contributed by atoms with Crippen LogP contribution < -0.4 is 5.19 Å². The van der Waals surface area contributed by atoms with Gasteiger partial charge in [0.25, 0.3) is 0 Å². The first kappa shape index (κ1) is 16.6. The first-order valence-electron chi connectivity index (χ1n) is 6.97. The Kier molecular flexibility index (Phi) is 5.28. The molecule has 110 valence electrons. The van der Waals surface area contributed by atoms with Gasteiger partial charge in [-0.15, -0.1) is 0 Å². The van der Waals surface area contributed by atoms with Crippen LogP contribution in [0.15, 0.2) is 12.1 Å². The molecule has 0 N–H and O–H groups in total. The van der Waals surface area contributed by atoms with E-state index in [1.54, 1.807) is 13.8 Å². The lowest BCUT2D eigenvalue weighted by molar-refractivity contribution is -0.142. The van der Waals surface area contributed by atoms with Crippen molar-refractivity contribution in [1.29, 1.82) is 0 Å². The Bertz CT molecular complexity index is 527. The van der Waals surface area contributed by atoms with E-state index in [0.29, 0.717) is 6.61 Å². The zero-order valence-corrected chi connectivity index (χ0v) is 14.3. The largest absolute Gasteiger partial charge is 0.466 e. The summed E-state index contributed by atoms with van der Waals surface area (Å²) >= 11 is 0. The van der Waals surface area contributed by atoms with E-state index < -0.39 is 8.07 Å². The van der Waals surface area contributed by atoms with Gasteiger partial charge in [-0.1, -0.05) is 37.3 Å². The van der Waals surface area contributed by atoms with Crippen LogP contribution in [-0.4, -0.2) is 26.4 Å². The lowest BCUT2D eigenvalue weighted by Gasteiger charge is -2.23. The fourth-order valence-corrected chi connectivity index (χ4v) is 4.12. The zero-order chi connectivity index (χ0) is 15.5. The predicted molar refractivity (Wildman–Crippen MR) is 84.5 cm³/mol. The van der Waals surface area contributed by atoms with Crippen LogP contribution in [0.25, 0.3) is 0 Å². The van der Waals surface area contributed by atoms with Crippen LogP contribution in [0.4, 0.5) is 0 Å². The molecule has 0 unspecified atom stereocenters. The Labute approximate surface area is 122 Å². The molecule has 0 fully saturated rings. The Morgan fingerprint density at radius 1 is 1.20 bits per heavy atom. The van der Waals surface area contributed by atoms with Crippen molar-refractivity contribution in [2.24, 2.45) is 0 Å². The third kappa shape index (κ3) is 4.03. The summed E-state index contributed by atoms with van der Waals surface area (Å²) in [6, 6.07) is 4.02. The van der Waals surface area contributed by atoms with Crippen molar-refractivity contribution in [2.75, 3.05) is 6.61 Å². The van der Waals surface area contributed by atoms with E-state index >= 15 is 0 Å². The maximum absolute atomic E-state index is 12.1. The molecule has 0 radical (unpaired) electrons. The van der Waals surface area contributed by atoms with Crippen LogP contribution in [0, 0.1) is 6.92 Å². The molecule has 20 heavy (non-hydrogen) atoms. The van der Waals surface area contributed by atoms with Gasteiger partial charge in [-0.25, -0.2) is 0 Å². The lowest BCUT2D eigenvalue weighted by Crippen LogP contribution is -2.42. The van der Waals surface area contributed by atoms with Crippen LogP contribution in [0.3, 0.4) is 0 Å². The number of ketones is 1. The molecule has 1 rings (SSSR count). The Balaban J connectivity index is 3.39. The van der Waals surface area contributed by atoms with E-state index in [4.69, 9.17) is 4.74 Å². The number of Topliss-reactive ketones (excluding diaryl/α,β-unsaturated/α-hetero) is 1. The van der Waals surface area contributed by atoms with E-state index in [-0.39, 0.29) is 18.2 Å². The van der Waals surface area contributed by atoms with Gasteiger partial charge < -0.3 is 4.74 Å². The molecule has 0 aliphatic carbocycles. The number of aryl methyl sites for hydroxylation is 1. The van der Waals surface area contributed by atoms with Gasteiger partial charge in [0.2, 0.25) is 0 Å². The quantitative estimate of drug-likeness (QED) is 0.476. The monoisotopic (exact) mass is 292 g/mol. The summed E-state index contributed by atoms with van der Waals surface area (Å²) in [5.74, 6) is -0.246. The second-order valence-corrected chi connectivity index (χ2v) is 11.2. The molecule has 1 aromatic rings. The molecule has 0 amide bonds. The highest BCUT2D eigenvalue weighted by molar-refractivity contribution is 6.89. The second kappa shape index (κ2) is 6.35. The summed E-state index contributed by atoms with van der Waals surface area (Å²) in [6.45, 7) is 12.4. The van der Waals surface area contributed by atoms with Gasteiger partial charge in [0.05, 0.1) is 21.1 Å². The van der Waals surface area contributed by atoms with Crippen molar-refractivity contribution in [1.82, 2.24) is 0 Å². The van der Waals surface area contributed by atoms with E-state index in [2.05, 4.69) is 25.7 Å². The van der Waals surface area contributed by atoms with Gasteiger partial charge >= 0.3 is 5.97 Å². The predicted octanol–water partition coefficient (Wildman–Crippen LogP) is 2.85. The summed E-state index contributed by atoms with van der Waals surface area (Å²) in [7, 11) is -1.65. The highest BCUT2D eigenvalue weighted by atomic mass is 28.3. The van der Waals surface area contributed by atoms with Gasteiger partial charge in [0.1, 0.15) is 0 Å². The second-order valence-electron chi connectivity index (χ2n) is 6.13. The van der Waals surface area contributed by atoms with Crippen LogP contribution in [-0.2, 0) is 16.0 Å². The Morgan fingerprint density at radius 2 is 1.80 bits per heavy atom. The van der Waals surface area contributed by atoms with Gasteiger partial charge in [-0.3, -0.25) is 9.59 Å². The molecule has 3 nitrogen and oxygen atoms in total. The number of carbonyl (C=O) groups excluding carboxylic acids is 2. The normalized spacial score (nSPS) is 11.3. The van der Waals surface area contributed by atoms with Crippen LogP contribution in [0.1, 0.15) is 35.3 Å². The van der Waals surface area contributed by atoms with Crippen LogP contribution >= 0.6 is 0 Å². The summed E-state index contributed by atoms with van der Waals surface area (Å²) in [5.41, 5.74) is 2.61. The van der Waals surface area contributed by atoms with Crippen molar-refractivity contribution in [3.05, 3.63) is 28.8 Å². The third-order valence-electron chi connectivity index (χ3n) is 3.16. The van der Waals surface area contributed by atoms with Crippen LogP contribution in [0.2, 0.25) is 19.6 Å². The molecule has 0 aliphatic heterocycles. The molecule has 0 aromatic heterocycles. The smallest absolute Gasteiger partial charge is 0.310 e. The first-order valence-corrected chi connectivity index (χ1v) is 10.5. The molecule has 0 spiro atoms. The molecule has 0 saturated carbocycles. The maximum Gasteiger partial charge on any atom is 0.310 e. The standard InChI is InChI=1S/C16H24O3Si/c1-7-19-15(18)10-13-8-11(2)9-14(20(4,5)6)16(13)12(3)17/h8-9H,7,10H2,1-6H3. The molecule has 0 aliphatic rings. The number of hydrogen-bond acceptors (Lipinski definition) is 3. The summed E-state index contributed by atoms with van der Waals surface area (Å²) in [6.07, 6.45) is 0.169. The molecule has 0 saturated heterocycles. The molecular formula is C16H24O3Si. The molecular weight excluding hydrogens is 268 g/mol. The highest BCUT2D eigenvalue weighted by Crippen LogP contribution is 2.17. The number of hydrogen-bond donors (Lipinski definition) is 0. The molecule has 0 heterocycles. The minimum atomic E-state index is -1.65. The number of rotatable bonds is 5. The first-order chi connectivity index (χ1) is 9.16. The number of esters is 1.